The average Bonchev–Trinajstić information content (AvgIpc) is 2.68. The smallest absolute Gasteiger partial charge is 0.315 e. The van der Waals surface area contributed by atoms with Crippen LogP contribution >= 0.6 is 0 Å². The molecule has 138 valence electrons. The van der Waals surface area contributed by atoms with E-state index in [0.29, 0.717) is 6.54 Å². The molecular formula is C22H29N3O. The number of aryl methyl sites for hydroxylation is 1. The normalized spacial score (nSPS) is 15.5. The molecule has 0 bridgehead atoms. The van der Waals surface area contributed by atoms with Crippen LogP contribution in [0.4, 0.5) is 4.79 Å². The summed E-state index contributed by atoms with van der Waals surface area (Å²) < 4.78 is 0. The number of hydrogen-bond acceptors (Lipinski definition) is 2. The van der Waals surface area contributed by atoms with Crippen molar-refractivity contribution < 1.29 is 4.79 Å². The summed E-state index contributed by atoms with van der Waals surface area (Å²) in [5.41, 5.74) is 2.68. The summed E-state index contributed by atoms with van der Waals surface area (Å²) in [4.78, 5) is 14.5. The Labute approximate surface area is 156 Å². The maximum Gasteiger partial charge on any atom is 0.315 e. The Balaban J connectivity index is 1.28. The topological polar surface area (TPSA) is 44.4 Å². The van der Waals surface area contributed by atoms with E-state index in [9.17, 15) is 4.79 Å². The predicted molar refractivity (Wildman–Crippen MR) is 106 cm³/mol. The van der Waals surface area contributed by atoms with E-state index in [1.165, 1.54) is 11.1 Å². The van der Waals surface area contributed by atoms with E-state index in [0.717, 1.165) is 45.3 Å². The van der Waals surface area contributed by atoms with E-state index in [1.54, 1.807) is 0 Å². The summed E-state index contributed by atoms with van der Waals surface area (Å²) in [6.07, 6.45) is 4.00. The minimum absolute atomic E-state index is 0.0282. The second-order valence-electron chi connectivity index (χ2n) is 7.03. The number of hydrogen-bond donors (Lipinski definition) is 2. The maximum absolute atomic E-state index is 12.1. The molecule has 3 rings (SSSR count). The molecule has 0 aliphatic carbocycles. The van der Waals surface area contributed by atoms with Crippen LogP contribution in [-0.4, -0.2) is 36.6 Å². The molecule has 2 N–H and O–H groups in total. The van der Waals surface area contributed by atoms with Crippen LogP contribution in [0.3, 0.4) is 0 Å². The molecule has 1 aliphatic heterocycles. The Morgan fingerprint density at radius 2 is 1.54 bits per heavy atom. The minimum atomic E-state index is -0.0282. The highest BCUT2D eigenvalue weighted by atomic mass is 16.2. The van der Waals surface area contributed by atoms with Crippen molar-refractivity contribution in [2.24, 2.45) is 0 Å². The highest BCUT2D eigenvalue weighted by Crippen LogP contribution is 2.13. The third-order valence-electron chi connectivity index (χ3n) is 4.94. The Bertz CT molecular complexity index is 652. The summed E-state index contributed by atoms with van der Waals surface area (Å²) in [6.45, 7) is 3.79. The van der Waals surface area contributed by atoms with Gasteiger partial charge in [0, 0.05) is 32.2 Å². The van der Waals surface area contributed by atoms with E-state index in [-0.39, 0.29) is 12.1 Å². The summed E-state index contributed by atoms with van der Waals surface area (Å²) in [5.74, 6) is 0. The van der Waals surface area contributed by atoms with Gasteiger partial charge in [-0.05, 0) is 36.8 Å². The van der Waals surface area contributed by atoms with Gasteiger partial charge in [-0.1, -0.05) is 60.7 Å². The second kappa shape index (κ2) is 9.97. The molecule has 4 nitrogen and oxygen atoms in total. The van der Waals surface area contributed by atoms with E-state index in [4.69, 9.17) is 0 Å². The van der Waals surface area contributed by atoms with Crippen molar-refractivity contribution in [3.8, 4) is 0 Å². The number of carbonyl (C=O) groups excluding carboxylic acids is 1. The number of nitrogens with zero attached hydrogens (tertiary/aromatic N) is 1. The molecule has 2 amide bonds. The number of urea groups is 1. The fourth-order valence-electron chi connectivity index (χ4n) is 3.45. The summed E-state index contributed by atoms with van der Waals surface area (Å²) in [6, 6.07) is 21.2. The number of rotatable bonds is 7. The lowest BCUT2D eigenvalue weighted by Crippen LogP contribution is -2.47. The van der Waals surface area contributed by atoms with Gasteiger partial charge in [-0.25, -0.2) is 4.79 Å². The van der Waals surface area contributed by atoms with Gasteiger partial charge in [0.25, 0.3) is 0 Å². The van der Waals surface area contributed by atoms with Crippen LogP contribution < -0.4 is 10.6 Å². The molecule has 1 fully saturated rings. The number of likely N-dealkylation sites (tertiary alicyclic amines) is 1. The molecule has 2 aromatic rings. The third-order valence-corrected chi connectivity index (χ3v) is 4.94. The van der Waals surface area contributed by atoms with Gasteiger partial charge in [0.1, 0.15) is 0 Å². The lowest BCUT2D eigenvalue weighted by molar-refractivity contribution is 0.186. The molecule has 2 aromatic carbocycles. The molecule has 0 saturated carbocycles. The van der Waals surface area contributed by atoms with Gasteiger partial charge in [-0.3, -0.25) is 4.90 Å². The number of carbonyl (C=O) groups is 1. The van der Waals surface area contributed by atoms with Gasteiger partial charge in [0.15, 0.2) is 0 Å². The SMILES string of the molecule is O=C(NCCCc1ccccc1)NC1CCN(Cc2ccccc2)CC1. The molecule has 0 atom stereocenters. The molecule has 0 spiro atoms. The highest BCUT2D eigenvalue weighted by molar-refractivity contribution is 5.74. The number of benzene rings is 2. The number of amides is 2. The first-order valence-corrected chi connectivity index (χ1v) is 9.64. The first kappa shape index (κ1) is 18.5. The Hall–Kier alpha value is -2.33. The van der Waals surface area contributed by atoms with Crippen LogP contribution in [0, 0.1) is 0 Å². The van der Waals surface area contributed by atoms with Gasteiger partial charge < -0.3 is 10.6 Å². The van der Waals surface area contributed by atoms with Crippen molar-refractivity contribution >= 4 is 6.03 Å². The van der Waals surface area contributed by atoms with Crippen molar-refractivity contribution in [1.82, 2.24) is 15.5 Å². The van der Waals surface area contributed by atoms with Crippen LogP contribution in [0.5, 0.6) is 0 Å². The third kappa shape index (κ3) is 6.19. The van der Waals surface area contributed by atoms with Gasteiger partial charge in [-0.15, -0.1) is 0 Å². The van der Waals surface area contributed by atoms with Crippen LogP contribution in [0.2, 0.25) is 0 Å². The molecule has 1 saturated heterocycles. The molecule has 26 heavy (non-hydrogen) atoms. The Morgan fingerprint density at radius 3 is 2.19 bits per heavy atom. The molecule has 0 unspecified atom stereocenters. The van der Waals surface area contributed by atoms with Crippen LogP contribution in [-0.2, 0) is 13.0 Å². The zero-order chi connectivity index (χ0) is 18.0. The molecule has 0 radical (unpaired) electrons. The van der Waals surface area contributed by atoms with Gasteiger partial charge in [-0.2, -0.15) is 0 Å². The van der Waals surface area contributed by atoms with E-state index < -0.39 is 0 Å². The average molecular weight is 351 g/mol. The maximum atomic E-state index is 12.1. The first-order chi connectivity index (χ1) is 12.8. The lowest BCUT2D eigenvalue weighted by Gasteiger charge is -2.32. The number of piperidine rings is 1. The van der Waals surface area contributed by atoms with E-state index >= 15 is 0 Å². The molecular weight excluding hydrogens is 322 g/mol. The Morgan fingerprint density at radius 1 is 0.923 bits per heavy atom. The van der Waals surface area contributed by atoms with Crippen LogP contribution in [0.1, 0.15) is 30.4 Å². The fourth-order valence-corrected chi connectivity index (χ4v) is 3.45. The summed E-state index contributed by atoms with van der Waals surface area (Å²) in [5, 5.41) is 6.11. The van der Waals surface area contributed by atoms with Gasteiger partial charge in [0.05, 0.1) is 0 Å². The van der Waals surface area contributed by atoms with E-state index in [1.807, 2.05) is 6.07 Å². The fraction of sp³-hybridized carbons (Fsp3) is 0.409. The molecule has 0 aromatic heterocycles. The van der Waals surface area contributed by atoms with Crippen molar-refractivity contribution in [1.29, 1.82) is 0 Å². The largest absolute Gasteiger partial charge is 0.338 e. The Kier molecular flexibility index (Phi) is 7.08. The molecule has 1 aliphatic rings. The van der Waals surface area contributed by atoms with Crippen molar-refractivity contribution in [2.45, 2.75) is 38.3 Å². The summed E-state index contributed by atoms with van der Waals surface area (Å²) >= 11 is 0. The van der Waals surface area contributed by atoms with Crippen LogP contribution in [0.25, 0.3) is 0 Å². The second-order valence-corrected chi connectivity index (χ2v) is 7.03. The van der Waals surface area contributed by atoms with Crippen molar-refractivity contribution in [3.05, 3.63) is 71.8 Å². The quantitative estimate of drug-likeness (QED) is 0.749. The van der Waals surface area contributed by atoms with E-state index in [2.05, 4.69) is 70.1 Å². The minimum Gasteiger partial charge on any atom is -0.338 e. The monoisotopic (exact) mass is 351 g/mol. The predicted octanol–water partition coefficient (Wildman–Crippen LogP) is 3.58. The standard InChI is InChI=1S/C22H29N3O/c26-22(23-15-7-12-19-8-3-1-4-9-19)24-21-13-16-25(17-14-21)18-20-10-5-2-6-11-20/h1-6,8-11,21H,7,12-18H2,(H2,23,24,26). The van der Waals surface area contributed by atoms with Crippen molar-refractivity contribution in [3.63, 3.8) is 0 Å². The summed E-state index contributed by atoms with van der Waals surface area (Å²) in [7, 11) is 0. The molecule has 1 heterocycles. The highest BCUT2D eigenvalue weighted by Gasteiger charge is 2.20. The zero-order valence-corrected chi connectivity index (χ0v) is 15.4. The van der Waals surface area contributed by atoms with Crippen molar-refractivity contribution in [2.75, 3.05) is 19.6 Å². The number of nitrogens with one attached hydrogen (secondary N) is 2. The van der Waals surface area contributed by atoms with Gasteiger partial charge >= 0.3 is 6.03 Å². The van der Waals surface area contributed by atoms with Gasteiger partial charge in [0.2, 0.25) is 0 Å². The molecule has 4 heteroatoms. The zero-order valence-electron chi connectivity index (χ0n) is 15.4. The lowest BCUT2D eigenvalue weighted by atomic mass is 10.0. The van der Waals surface area contributed by atoms with Crippen LogP contribution in [0.15, 0.2) is 60.7 Å². The first-order valence-electron chi connectivity index (χ1n) is 9.64.